The van der Waals surface area contributed by atoms with Crippen LogP contribution in [0.15, 0.2) is 30.3 Å². The highest BCUT2D eigenvalue weighted by Gasteiger charge is 1.97. The molecule has 0 aliphatic rings. The minimum absolute atomic E-state index is 0.289. The van der Waals surface area contributed by atoms with Gasteiger partial charge >= 0.3 is 5.97 Å². The Morgan fingerprint density at radius 3 is 2.73 bits per heavy atom. The quantitative estimate of drug-likeness (QED) is 0.557. The van der Waals surface area contributed by atoms with Gasteiger partial charge in [0.25, 0.3) is 0 Å². The second kappa shape index (κ2) is 6.02. The molecular formula is C13H16O2. The van der Waals surface area contributed by atoms with Crippen LogP contribution in [0.4, 0.5) is 0 Å². The number of hydrogen-bond donors (Lipinski definition) is 0. The van der Waals surface area contributed by atoms with Crippen LogP contribution in [0.2, 0.25) is 0 Å². The van der Waals surface area contributed by atoms with Gasteiger partial charge in [0.05, 0.1) is 6.61 Å². The summed E-state index contributed by atoms with van der Waals surface area (Å²) < 4.78 is 4.81. The number of benzene rings is 1. The molecule has 0 aliphatic carbocycles. The van der Waals surface area contributed by atoms with Crippen molar-refractivity contribution >= 4 is 12.0 Å². The van der Waals surface area contributed by atoms with E-state index in [2.05, 4.69) is 13.0 Å². The lowest BCUT2D eigenvalue weighted by Gasteiger charge is -2.01. The lowest BCUT2D eigenvalue weighted by molar-refractivity contribution is -0.137. The number of rotatable bonds is 4. The van der Waals surface area contributed by atoms with Crippen molar-refractivity contribution < 1.29 is 9.53 Å². The second-order valence-corrected chi connectivity index (χ2v) is 3.14. The van der Waals surface area contributed by atoms with Gasteiger partial charge in [-0.3, -0.25) is 0 Å². The smallest absolute Gasteiger partial charge is 0.330 e. The molecule has 0 amide bonds. The van der Waals surface area contributed by atoms with Gasteiger partial charge in [0, 0.05) is 6.08 Å². The average molecular weight is 204 g/mol. The van der Waals surface area contributed by atoms with Gasteiger partial charge in [0.2, 0.25) is 0 Å². The molecule has 0 saturated heterocycles. The molecular weight excluding hydrogens is 188 g/mol. The Hall–Kier alpha value is -1.57. The molecule has 15 heavy (non-hydrogen) atoms. The monoisotopic (exact) mass is 204 g/mol. The average Bonchev–Trinajstić information content (AvgIpc) is 2.27. The van der Waals surface area contributed by atoms with Crippen molar-refractivity contribution in [3.05, 3.63) is 41.5 Å². The minimum Gasteiger partial charge on any atom is -0.463 e. The largest absolute Gasteiger partial charge is 0.463 e. The minimum atomic E-state index is -0.289. The Morgan fingerprint density at radius 1 is 1.33 bits per heavy atom. The predicted octanol–water partition coefficient (Wildman–Crippen LogP) is 2.83. The molecule has 0 unspecified atom stereocenters. The molecule has 0 heterocycles. The van der Waals surface area contributed by atoms with Crippen LogP contribution in [-0.4, -0.2) is 12.6 Å². The normalized spacial score (nSPS) is 10.5. The van der Waals surface area contributed by atoms with Crippen molar-refractivity contribution in [2.75, 3.05) is 6.61 Å². The number of hydrogen-bond acceptors (Lipinski definition) is 2. The third-order valence-electron chi connectivity index (χ3n) is 2.12. The second-order valence-electron chi connectivity index (χ2n) is 3.14. The third-order valence-corrected chi connectivity index (χ3v) is 2.12. The predicted molar refractivity (Wildman–Crippen MR) is 61.5 cm³/mol. The molecule has 0 N–H and O–H groups in total. The molecule has 0 spiro atoms. The number of carbonyl (C=O) groups excluding carboxylic acids is 1. The first-order valence-electron chi connectivity index (χ1n) is 5.20. The molecule has 0 radical (unpaired) electrons. The van der Waals surface area contributed by atoms with E-state index < -0.39 is 0 Å². The molecule has 0 atom stereocenters. The zero-order valence-electron chi connectivity index (χ0n) is 9.19. The topological polar surface area (TPSA) is 26.3 Å². The number of aryl methyl sites for hydroxylation is 1. The van der Waals surface area contributed by atoms with Gasteiger partial charge in [0.15, 0.2) is 0 Å². The molecule has 1 aromatic carbocycles. The van der Waals surface area contributed by atoms with E-state index in [1.807, 2.05) is 18.2 Å². The Bertz CT molecular complexity index is 353. The zero-order chi connectivity index (χ0) is 11.1. The van der Waals surface area contributed by atoms with Gasteiger partial charge in [-0.1, -0.05) is 31.2 Å². The van der Waals surface area contributed by atoms with E-state index in [1.54, 1.807) is 13.0 Å². The maximum absolute atomic E-state index is 11.1. The van der Waals surface area contributed by atoms with Crippen molar-refractivity contribution in [1.29, 1.82) is 0 Å². The van der Waals surface area contributed by atoms with Crippen LogP contribution >= 0.6 is 0 Å². The van der Waals surface area contributed by atoms with Gasteiger partial charge in [-0.15, -0.1) is 0 Å². The highest BCUT2D eigenvalue weighted by Crippen LogP contribution is 2.11. The summed E-state index contributed by atoms with van der Waals surface area (Å²) in [7, 11) is 0. The Morgan fingerprint density at radius 2 is 2.07 bits per heavy atom. The van der Waals surface area contributed by atoms with Gasteiger partial charge in [-0.25, -0.2) is 4.79 Å². The summed E-state index contributed by atoms with van der Waals surface area (Å²) in [5, 5.41) is 0. The van der Waals surface area contributed by atoms with E-state index in [4.69, 9.17) is 4.74 Å². The Balaban J connectivity index is 2.75. The van der Waals surface area contributed by atoms with Crippen molar-refractivity contribution in [2.24, 2.45) is 0 Å². The molecule has 0 aliphatic heterocycles. The summed E-state index contributed by atoms with van der Waals surface area (Å²) in [6.45, 7) is 4.31. The molecule has 0 bridgehead atoms. The fraction of sp³-hybridized carbons (Fsp3) is 0.308. The summed E-state index contributed by atoms with van der Waals surface area (Å²) in [4.78, 5) is 11.1. The van der Waals surface area contributed by atoms with E-state index in [1.165, 1.54) is 11.6 Å². The molecule has 0 saturated carbocycles. The Labute approximate surface area is 90.6 Å². The number of esters is 1. The lowest BCUT2D eigenvalue weighted by Crippen LogP contribution is -1.98. The van der Waals surface area contributed by atoms with Crippen molar-refractivity contribution in [3.8, 4) is 0 Å². The molecule has 80 valence electrons. The molecule has 0 fully saturated rings. The summed E-state index contributed by atoms with van der Waals surface area (Å²) in [6.07, 6.45) is 4.23. The standard InChI is InChI=1S/C13H16O2/c1-3-11-7-5-6-8-12(11)9-10-13(14)15-4-2/h5-10H,3-4H2,1-2H3/b10-9-. The van der Waals surface area contributed by atoms with Crippen molar-refractivity contribution in [3.63, 3.8) is 0 Å². The highest BCUT2D eigenvalue weighted by atomic mass is 16.5. The first-order chi connectivity index (χ1) is 7.27. The van der Waals surface area contributed by atoms with Gasteiger partial charge < -0.3 is 4.74 Å². The molecule has 2 nitrogen and oxygen atoms in total. The highest BCUT2D eigenvalue weighted by molar-refractivity contribution is 5.87. The van der Waals surface area contributed by atoms with Crippen LogP contribution in [0.5, 0.6) is 0 Å². The first kappa shape index (κ1) is 11.5. The maximum Gasteiger partial charge on any atom is 0.330 e. The van der Waals surface area contributed by atoms with Gasteiger partial charge in [-0.2, -0.15) is 0 Å². The third kappa shape index (κ3) is 3.58. The van der Waals surface area contributed by atoms with E-state index in [-0.39, 0.29) is 5.97 Å². The molecule has 1 aromatic rings. The van der Waals surface area contributed by atoms with Crippen LogP contribution in [0, 0.1) is 0 Å². The van der Waals surface area contributed by atoms with E-state index >= 15 is 0 Å². The van der Waals surface area contributed by atoms with Crippen LogP contribution < -0.4 is 0 Å². The van der Waals surface area contributed by atoms with Crippen LogP contribution in [0.25, 0.3) is 6.08 Å². The van der Waals surface area contributed by atoms with Gasteiger partial charge in [0.1, 0.15) is 0 Å². The number of carbonyl (C=O) groups is 1. The van der Waals surface area contributed by atoms with Crippen LogP contribution in [0.3, 0.4) is 0 Å². The summed E-state index contributed by atoms with van der Waals surface area (Å²) in [5.41, 5.74) is 2.31. The molecule has 2 heteroatoms. The lowest BCUT2D eigenvalue weighted by atomic mass is 10.1. The maximum atomic E-state index is 11.1. The van der Waals surface area contributed by atoms with Crippen LogP contribution in [-0.2, 0) is 16.0 Å². The van der Waals surface area contributed by atoms with E-state index in [0.29, 0.717) is 6.61 Å². The summed E-state index contributed by atoms with van der Waals surface area (Å²) in [5.74, 6) is -0.289. The zero-order valence-corrected chi connectivity index (χ0v) is 9.19. The summed E-state index contributed by atoms with van der Waals surface area (Å²) >= 11 is 0. The van der Waals surface area contributed by atoms with Crippen molar-refractivity contribution in [2.45, 2.75) is 20.3 Å². The van der Waals surface area contributed by atoms with E-state index in [0.717, 1.165) is 12.0 Å². The first-order valence-corrected chi connectivity index (χ1v) is 5.20. The number of ether oxygens (including phenoxy) is 1. The SMILES string of the molecule is CCOC(=O)/C=C\c1ccccc1CC. The molecule has 0 aromatic heterocycles. The van der Waals surface area contributed by atoms with Crippen molar-refractivity contribution in [1.82, 2.24) is 0 Å². The fourth-order valence-corrected chi connectivity index (χ4v) is 1.37. The van der Waals surface area contributed by atoms with Gasteiger partial charge in [-0.05, 0) is 30.5 Å². The van der Waals surface area contributed by atoms with E-state index in [9.17, 15) is 4.79 Å². The van der Waals surface area contributed by atoms with Crippen LogP contribution in [0.1, 0.15) is 25.0 Å². The Kier molecular flexibility index (Phi) is 4.61. The molecule has 1 rings (SSSR count). The fourth-order valence-electron chi connectivity index (χ4n) is 1.37. The summed E-state index contributed by atoms with van der Waals surface area (Å²) in [6, 6.07) is 8.02.